The lowest BCUT2D eigenvalue weighted by atomic mass is 9.64. The number of benzene rings is 1. The minimum atomic E-state index is -3.00. The van der Waals surface area contributed by atoms with E-state index in [1.807, 2.05) is 30.1 Å². The first-order valence-corrected chi connectivity index (χ1v) is 15.0. The summed E-state index contributed by atoms with van der Waals surface area (Å²) in [4.78, 5) is 35.2. The van der Waals surface area contributed by atoms with E-state index in [0.29, 0.717) is 31.6 Å². The monoisotopic (exact) mass is 542 g/mol. The van der Waals surface area contributed by atoms with Gasteiger partial charge in [-0.15, -0.1) is 0 Å². The summed E-state index contributed by atoms with van der Waals surface area (Å²) in [6.45, 7) is 7.88. The van der Waals surface area contributed by atoms with Crippen LogP contribution >= 0.6 is 0 Å². The lowest BCUT2D eigenvalue weighted by molar-refractivity contribution is -0.184. The summed E-state index contributed by atoms with van der Waals surface area (Å²) in [5.74, 6) is -3.01. The van der Waals surface area contributed by atoms with Gasteiger partial charge in [0.2, 0.25) is 5.91 Å². The molecule has 6 rings (SSSR count). The molecule has 1 spiro atoms. The van der Waals surface area contributed by atoms with E-state index >= 15 is 0 Å². The number of amides is 3. The third-order valence-electron chi connectivity index (χ3n) is 11.0. The topological polar surface area (TPSA) is 47.1 Å². The molecule has 1 aromatic rings. The molecule has 2 bridgehead atoms. The van der Waals surface area contributed by atoms with Crippen LogP contribution in [-0.4, -0.2) is 94.4 Å². The molecule has 214 valence electrons. The highest BCUT2D eigenvalue weighted by Gasteiger charge is 2.62. The van der Waals surface area contributed by atoms with Gasteiger partial charge in [-0.05, 0) is 63.9 Å². The van der Waals surface area contributed by atoms with E-state index in [1.165, 1.54) is 5.56 Å². The molecule has 39 heavy (non-hydrogen) atoms. The summed E-state index contributed by atoms with van der Waals surface area (Å²) in [6, 6.07) is 11.4. The van der Waals surface area contributed by atoms with Crippen LogP contribution in [0.2, 0.25) is 0 Å². The minimum absolute atomic E-state index is 0.109. The van der Waals surface area contributed by atoms with Gasteiger partial charge in [0, 0.05) is 64.2 Å². The molecule has 6 nitrogen and oxygen atoms in total. The first kappa shape index (κ1) is 27.0. The van der Waals surface area contributed by atoms with Crippen molar-refractivity contribution in [1.82, 2.24) is 19.6 Å². The third-order valence-corrected chi connectivity index (χ3v) is 11.0. The molecule has 4 aliphatic heterocycles. The van der Waals surface area contributed by atoms with Gasteiger partial charge in [0.05, 0.1) is 5.54 Å². The molecule has 4 saturated heterocycles. The lowest BCUT2D eigenvalue weighted by Crippen LogP contribution is -2.60. The first-order chi connectivity index (χ1) is 18.5. The van der Waals surface area contributed by atoms with E-state index in [2.05, 4.69) is 35.8 Å². The molecule has 8 heteroatoms. The van der Waals surface area contributed by atoms with Gasteiger partial charge in [-0.1, -0.05) is 36.8 Å². The molecule has 0 radical (unpaired) electrons. The smallest absolute Gasteiger partial charge is 0.320 e. The van der Waals surface area contributed by atoms with Gasteiger partial charge in [0.15, 0.2) is 0 Å². The van der Waals surface area contributed by atoms with Crippen molar-refractivity contribution in [1.29, 1.82) is 0 Å². The second-order valence-electron chi connectivity index (χ2n) is 13.6. The Balaban J connectivity index is 1.23. The van der Waals surface area contributed by atoms with Crippen LogP contribution < -0.4 is 0 Å². The first-order valence-electron chi connectivity index (χ1n) is 15.0. The lowest BCUT2D eigenvalue weighted by Gasteiger charge is -2.50. The summed E-state index contributed by atoms with van der Waals surface area (Å²) in [6.07, 6.45) is 5.48. The molecule has 4 heterocycles. The fraction of sp³-hybridized carbons (Fsp3) is 0.742. The number of urea groups is 1. The second-order valence-corrected chi connectivity index (χ2v) is 13.6. The average Bonchev–Trinajstić information content (AvgIpc) is 3.44. The molecule has 3 amide bonds. The van der Waals surface area contributed by atoms with Crippen molar-refractivity contribution in [2.75, 3.05) is 33.2 Å². The Morgan fingerprint density at radius 2 is 1.72 bits per heavy atom. The molecule has 1 aliphatic carbocycles. The number of hydrogen-bond donors (Lipinski definition) is 0. The number of hydrogen-bond acceptors (Lipinski definition) is 3. The molecular weight excluding hydrogens is 498 g/mol. The van der Waals surface area contributed by atoms with E-state index in [0.717, 1.165) is 45.7 Å². The number of halogens is 2. The fourth-order valence-electron chi connectivity index (χ4n) is 9.02. The van der Waals surface area contributed by atoms with Crippen molar-refractivity contribution < 1.29 is 18.4 Å². The van der Waals surface area contributed by atoms with Crippen LogP contribution in [0.5, 0.6) is 0 Å². The van der Waals surface area contributed by atoms with Crippen molar-refractivity contribution in [3.05, 3.63) is 35.9 Å². The van der Waals surface area contributed by atoms with Gasteiger partial charge in [-0.25, -0.2) is 13.6 Å². The molecule has 2 unspecified atom stereocenters. The maximum absolute atomic E-state index is 14.7. The summed E-state index contributed by atoms with van der Waals surface area (Å²) in [5, 5.41) is 0. The van der Waals surface area contributed by atoms with Crippen LogP contribution in [0.1, 0.15) is 77.2 Å². The molecule has 5 fully saturated rings. The quantitative estimate of drug-likeness (QED) is 0.497. The van der Waals surface area contributed by atoms with Crippen LogP contribution in [-0.2, 0) is 4.79 Å². The summed E-state index contributed by atoms with van der Waals surface area (Å²) in [7, 11) is 1.92. The summed E-state index contributed by atoms with van der Waals surface area (Å²) >= 11 is 0. The Morgan fingerprint density at radius 1 is 1.08 bits per heavy atom. The van der Waals surface area contributed by atoms with Crippen LogP contribution in [0, 0.1) is 11.3 Å². The summed E-state index contributed by atoms with van der Waals surface area (Å²) < 4.78 is 29.5. The SMILES string of the molecule is CC(C)N1C(=O)N(C)CC12CC1CCC(C2)N1C[C@H]1CN(C(=O)C2(C(C)(F)F)CCC2)C[C@@H]1c1ccccc1. The number of likely N-dealkylation sites (N-methyl/N-ethyl adjacent to an activating group) is 1. The maximum atomic E-state index is 14.7. The molecule has 1 saturated carbocycles. The number of rotatable bonds is 6. The van der Waals surface area contributed by atoms with Gasteiger partial charge >= 0.3 is 6.03 Å². The van der Waals surface area contributed by atoms with E-state index in [1.54, 1.807) is 4.90 Å². The Hall–Kier alpha value is -2.22. The van der Waals surface area contributed by atoms with Crippen molar-refractivity contribution in [2.45, 2.75) is 101 Å². The van der Waals surface area contributed by atoms with Crippen LogP contribution in [0.15, 0.2) is 30.3 Å². The Bertz CT molecular complexity index is 1090. The average molecular weight is 543 g/mol. The predicted molar refractivity (Wildman–Crippen MR) is 147 cm³/mol. The molecule has 1 aromatic carbocycles. The van der Waals surface area contributed by atoms with Crippen molar-refractivity contribution >= 4 is 11.9 Å². The zero-order chi connectivity index (χ0) is 27.7. The van der Waals surface area contributed by atoms with Gasteiger partial charge in [-0.3, -0.25) is 9.69 Å². The van der Waals surface area contributed by atoms with Crippen molar-refractivity contribution in [3.8, 4) is 0 Å². The molecule has 4 atom stereocenters. The largest absolute Gasteiger partial charge is 0.341 e. The number of carbonyl (C=O) groups excluding carboxylic acids is 2. The van der Waals surface area contributed by atoms with E-state index < -0.39 is 11.3 Å². The number of piperidine rings is 1. The summed E-state index contributed by atoms with van der Waals surface area (Å²) in [5.41, 5.74) is -0.443. The highest BCUT2D eigenvalue weighted by atomic mass is 19.3. The van der Waals surface area contributed by atoms with E-state index in [9.17, 15) is 18.4 Å². The van der Waals surface area contributed by atoms with Gasteiger partial charge in [-0.2, -0.15) is 0 Å². The number of fused-ring (bicyclic) bond motifs is 2. The highest BCUT2D eigenvalue weighted by Crippen LogP contribution is 2.54. The fourth-order valence-corrected chi connectivity index (χ4v) is 9.02. The van der Waals surface area contributed by atoms with E-state index in [-0.39, 0.29) is 48.2 Å². The Morgan fingerprint density at radius 3 is 2.26 bits per heavy atom. The van der Waals surface area contributed by atoms with Crippen LogP contribution in [0.25, 0.3) is 0 Å². The van der Waals surface area contributed by atoms with Crippen LogP contribution in [0.4, 0.5) is 13.6 Å². The number of nitrogens with zero attached hydrogens (tertiary/aromatic N) is 4. The normalized spacial score (nSPS) is 34.4. The number of alkyl halides is 2. The zero-order valence-corrected chi connectivity index (χ0v) is 23.9. The molecule has 5 aliphatic rings. The second kappa shape index (κ2) is 9.42. The maximum Gasteiger partial charge on any atom is 0.320 e. The van der Waals surface area contributed by atoms with Crippen LogP contribution in [0.3, 0.4) is 0 Å². The highest BCUT2D eigenvalue weighted by molar-refractivity contribution is 5.85. The molecule has 0 N–H and O–H groups in total. The van der Waals surface area contributed by atoms with Crippen molar-refractivity contribution in [2.24, 2.45) is 11.3 Å². The number of carbonyl (C=O) groups is 2. The molecular formula is C31H44F2N4O2. The molecule has 0 aromatic heterocycles. The van der Waals surface area contributed by atoms with Crippen molar-refractivity contribution in [3.63, 3.8) is 0 Å². The van der Waals surface area contributed by atoms with Gasteiger partial charge < -0.3 is 14.7 Å². The minimum Gasteiger partial charge on any atom is -0.341 e. The Labute approximate surface area is 231 Å². The predicted octanol–water partition coefficient (Wildman–Crippen LogP) is 5.20. The number of likely N-dealkylation sites (tertiary alicyclic amines) is 1. The van der Waals surface area contributed by atoms with Gasteiger partial charge in [0.25, 0.3) is 5.92 Å². The standard InChI is InChI=1S/C31H44F2N4O2/c1-21(2)37-28(39)34(4)20-30(37)15-24-11-12-25(16-30)36(24)18-23-17-35(19-26(23)22-9-6-5-7-10-22)27(38)31(13-8-14-31)29(3,32)33/h5-7,9-10,21,23-26H,8,11-20H2,1-4H3/t23-,24?,25?,26-,30?/m1/s1. The Kier molecular flexibility index (Phi) is 6.52. The van der Waals surface area contributed by atoms with Gasteiger partial charge in [0.1, 0.15) is 5.41 Å². The van der Waals surface area contributed by atoms with E-state index in [4.69, 9.17) is 0 Å². The third kappa shape index (κ3) is 4.18. The zero-order valence-electron chi connectivity index (χ0n) is 23.9.